The van der Waals surface area contributed by atoms with Gasteiger partial charge in [0, 0.05) is 33.7 Å². The first kappa shape index (κ1) is 33.1. The second kappa shape index (κ2) is 12.4. The Morgan fingerprint density at radius 3 is 2.50 bits per heavy atom. The fraction of sp³-hybridized carbons (Fsp3) is 0.176. The summed E-state index contributed by atoms with van der Waals surface area (Å²) in [6.07, 6.45) is 0. The number of primary amides is 1. The zero-order chi connectivity index (χ0) is 34.5. The molecule has 2 atom stereocenters. The number of aliphatic hydroxyl groups is 1. The summed E-state index contributed by atoms with van der Waals surface area (Å²) in [5.74, 6) is -3.10. The molecule has 14 heteroatoms. The highest BCUT2D eigenvalue weighted by Gasteiger charge is 2.46. The van der Waals surface area contributed by atoms with Crippen LogP contribution < -0.4 is 26.1 Å². The van der Waals surface area contributed by atoms with E-state index < -0.39 is 46.0 Å². The molecule has 242 valence electrons. The fourth-order valence-electron chi connectivity index (χ4n) is 5.58. The van der Waals surface area contributed by atoms with E-state index in [9.17, 15) is 19.1 Å². The Morgan fingerprint density at radius 1 is 1.08 bits per heavy atom. The molecule has 48 heavy (non-hydrogen) atoms. The van der Waals surface area contributed by atoms with Crippen molar-refractivity contribution in [3.8, 4) is 22.8 Å². The highest BCUT2D eigenvalue weighted by atomic mass is 35.5. The fourth-order valence-corrected chi connectivity index (χ4v) is 5.90. The minimum atomic E-state index is -2.08. The third kappa shape index (κ3) is 5.59. The van der Waals surface area contributed by atoms with Crippen LogP contribution in [0.5, 0.6) is 11.5 Å². The predicted octanol–water partition coefficient (Wildman–Crippen LogP) is 4.49. The second-order valence-electron chi connectivity index (χ2n) is 11.5. The Kier molecular flexibility index (Phi) is 8.53. The van der Waals surface area contributed by atoms with Crippen molar-refractivity contribution < 1.29 is 33.0 Å². The van der Waals surface area contributed by atoms with Crippen molar-refractivity contribution in [2.75, 3.05) is 20.3 Å². The summed E-state index contributed by atoms with van der Waals surface area (Å²) in [6, 6.07) is 15.9. The number of carbonyl (C=O) groups is 2. The summed E-state index contributed by atoms with van der Waals surface area (Å²) in [6.45, 7) is 0.873. The molecule has 0 saturated heterocycles. The molecule has 9 nitrogen and oxygen atoms in total. The van der Waals surface area contributed by atoms with E-state index in [1.165, 1.54) is 32.2 Å². The Hall–Kier alpha value is -4.78. The summed E-state index contributed by atoms with van der Waals surface area (Å²) in [5.41, 5.74) is 2.93. The number of hydrogen-bond acceptors (Lipinski definition) is 7. The largest absolute Gasteiger partial charge is 0.494 e. The minimum Gasteiger partial charge on any atom is -0.494 e. The molecular weight excluding hydrogens is 664 g/mol. The first-order valence-corrected chi connectivity index (χ1v) is 15.2. The first-order chi connectivity index (χ1) is 22.8. The van der Waals surface area contributed by atoms with Crippen LogP contribution in [0.3, 0.4) is 0 Å². The number of rotatable bonds is 8. The molecular formula is C34H25BCl2F2N4O5. The van der Waals surface area contributed by atoms with Gasteiger partial charge in [-0.15, -0.1) is 0 Å². The summed E-state index contributed by atoms with van der Waals surface area (Å²) >= 11 is 12.2. The third-order valence-corrected chi connectivity index (χ3v) is 9.00. The maximum Gasteiger partial charge on any atom is 0.251 e. The average molecular weight is 689 g/mol. The van der Waals surface area contributed by atoms with Gasteiger partial charge in [0.25, 0.3) is 5.91 Å². The summed E-state index contributed by atoms with van der Waals surface area (Å²) < 4.78 is 40.8. The molecule has 3 aromatic carbocycles. The van der Waals surface area contributed by atoms with Crippen molar-refractivity contribution >= 4 is 59.4 Å². The van der Waals surface area contributed by atoms with Crippen molar-refractivity contribution in [2.45, 2.75) is 17.9 Å². The Labute approximate surface area is 284 Å². The number of nitrogens with one attached hydrogen (secondary N) is 1. The van der Waals surface area contributed by atoms with E-state index in [2.05, 4.69) is 15.3 Å². The van der Waals surface area contributed by atoms with Gasteiger partial charge in [0.15, 0.2) is 0 Å². The van der Waals surface area contributed by atoms with Gasteiger partial charge >= 0.3 is 0 Å². The number of fused-ring (bicyclic) bond motifs is 2. The van der Waals surface area contributed by atoms with E-state index in [-0.39, 0.29) is 56.8 Å². The molecule has 0 bridgehead atoms. The lowest BCUT2D eigenvalue weighted by Gasteiger charge is -2.30. The summed E-state index contributed by atoms with van der Waals surface area (Å²) in [7, 11) is 7.27. The molecule has 2 amide bonds. The van der Waals surface area contributed by atoms with Crippen LogP contribution in [0, 0.1) is 11.6 Å². The lowest BCUT2D eigenvalue weighted by atomic mass is 9.80. The van der Waals surface area contributed by atoms with E-state index in [1.807, 2.05) is 0 Å². The zero-order valence-electron chi connectivity index (χ0n) is 25.4. The number of nitrogens with zero attached hydrogens (tertiary/aromatic N) is 2. The summed E-state index contributed by atoms with van der Waals surface area (Å²) in [5, 5.41) is 15.5. The van der Waals surface area contributed by atoms with Gasteiger partial charge in [-0.25, -0.2) is 13.8 Å². The van der Waals surface area contributed by atoms with Crippen LogP contribution in [0.2, 0.25) is 10.0 Å². The van der Waals surface area contributed by atoms with Crippen molar-refractivity contribution in [1.82, 2.24) is 15.3 Å². The lowest BCUT2D eigenvalue weighted by molar-refractivity contribution is -0.123. The van der Waals surface area contributed by atoms with E-state index in [4.69, 9.17) is 46.3 Å². The number of pyridine rings is 2. The highest BCUT2D eigenvalue weighted by Crippen LogP contribution is 2.47. The molecule has 2 aromatic heterocycles. The Bertz CT molecular complexity index is 2140. The van der Waals surface area contributed by atoms with Crippen molar-refractivity contribution in [3.05, 3.63) is 111 Å². The third-order valence-electron chi connectivity index (χ3n) is 8.41. The van der Waals surface area contributed by atoms with Gasteiger partial charge in [-0.2, -0.15) is 0 Å². The van der Waals surface area contributed by atoms with Gasteiger partial charge in [0.2, 0.25) is 5.91 Å². The average Bonchev–Trinajstić information content (AvgIpc) is 3.43. The van der Waals surface area contributed by atoms with Gasteiger partial charge in [-0.3, -0.25) is 14.6 Å². The number of nitrogens with two attached hydrogens (primary N) is 1. The Morgan fingerprint density at radius 2 is 1.81 bits per heavy atom. The van der Waals surface area contributed by atoms with E-state index in [1.54, 1.807) is 36.4 Å². The monoisotopic (exact) mass is 688 g/mol. The van der Waals surface area contributed by atoms with E-state index in [0.29, 0.717) is 22.5 Å². The number of hydrogen-bond donors (Lipinski definition) is 3. The van der Waals surface area contributed by atoms with Gasteiger partial charge < -0.3 is 25.6 Å². The SMILES string of the molecule is [B]c1nc2c(OC)cc(C(=O)NC[C@@](O)(c3ccccc3)c3cc4c(c(-c5cc(Cl)c(F)cc5F)n3)OC[C@]4(C)C(N)=O)cc2cc1Cl. The zero-order valence-corrected chi connectivity index (χ0v) is 26.9. The minimum absolute atomic E-state index is 0.0113. The number of ether oxygens (including phenoxy) is 2. The normalized spacial score (nSPS) is 16.6. The molecule has 2 radical (unpaired) electrons. The molecule has 0 fully saturated rings. The van der Waals surface area contributed by atoms with Gasteiger partial charge in [0.05, 0.1) is 29.4 Å². The second-order valence-corrected chi connectivity index (χ2v) is 12.3. The standard InChI is InChI=1S/C34H25BCl2F2N4O5/c1-33(32(40)45)15-48-29-20(33)12-26(42-28(29)19-11-21(36)24(39)13-23(19)38)34(46,18-6-4-3-5-7-18)14-41-31(44)17-8-16-9-22(37)30(35)43-27(16)25(10-17)47-2/h3-13,46H,14-15H2,1-2H3,(H2,40,45)(H,41,44)/t33-,34+/m0/s1. The summed E-state index contributed by atoms with van der Waals surface area (Å²) in [4.78, 5) is 35.2. The van der Waals surface area contributed by atoms with Crippen LogP contribution >= 0.6 is 23.2 Å². The van der Waals surface area contributed by atoms with Crippen LogP contribution in [0.4, 0.5) is 8.78 Å². The lowest BCUT2D eigenvalue weighted by Crippen LogP contribution is -2.43. The van der Waals surface area contributed by atoms with Gasteiger partial charge in [-0.1, -0.05) is 53.5 Å². The highest BCUT2D eigenvalue weighted by molar-refractivity contribution is 6.44. The smallest absolute Gasteiger partial charge is 0.251 e. The Balaban J connectivity index is 1.49. The molecule has 0 unspecified atom stereocenters. The molecule has 6 rings (SSSR count). The number of amides is 2. The quantitative estimate of drug-likeness (QED) is 0.162. The molecule has 0 spiro atoms. The van der Waals surface area contributed by atoms with Crippen LogP contribution in [0.15, 0.2) is 66.7 Å². The number of aromatic nitrogens is 2. The molecule has 0 saturated carbocycles. The molecule has 4 N–H and O–H groups in total. The molecule has 1 aliphatic heterocycles. The molecule has 0 aliphatic carbocycles. The molecule has 3 heterocycles. The van der Waals surface area contributed by atoms with Gasteiger partial charge in [0.1, 0.15) is 59.8 Å². The van der Waals surface area contributed by atoms with Crippen LogP contribution in [0.1, 0.15) is 34.1 Å². The van der Waals surface area contributed by atoms with Crippen LogP contribution in [0.25, 0.3) is 22.2 Å². The number of methoxy groups -OCH3 is 1. The number of benzene rings is 3. The molecule has 5 aromatic rings. The number of halogens is 4. The van der Waals surface area contributed by atoms with Crippen molar-refractivity contribution in [1.29, 1.82) is 0 Å². The van der Waals surface area contributed by atoms with Gasteiger partial charge in [-0.05, 0) is 42.8 Å². The van der Waals surface area contributed by atoms with E-state index in [0.717, 1.165) is 6.07 Å². The van der Waals surface area contributed by atoms with E-state index >= 15 is 4.39 Å². The predicted molar refractivity (Wildman–Crippen MR) is 177 cm³/mol. The molecule has 1 aliphatic rings. The van der Waals surface area contributed by atoms with Crippen LogP contribution in [-0.2, 0) is 15.8 Å². The number of carbonyl (C=O) groups excluding carboxylic acids is 2. The maximum atomic E-state index is 15.3. The maximum absolute atomic E-state index is 15.3. The van der Waals surface area contributed by atoms with Crippen molar-refractivity contribution in [3.63, 3.8) is 0 Å². The van der Waals surface area contributed by atoms with Crippen LogP contribution in [-0.4, -0.2) is 55.0 Å². The topological polar surface area (TPSA) is 137 Å². The first-order valence-electron chi connectivity index (χ1n) is 14.4. The van der Waals surface area contributed by atoms with Crippen molar-refractivity contribution in [2.24, 2.45) is 5.73 Å².